The molecular weight excluding hydrogens is 290 g/mol. The molecule has 2 nitrogen and oxygen atoms in total. The number of carbonyl (C=O) groups excluding carboxylic acids is 1. The quantitative estimate of drug-likeness (QED) is 0.784. The second-order valence-electron chi connectivity index (χ2n) is 5.07. The second-order valence-corrected chi connectivity index (χ2v) is 6.36. The van der Waals surface area contributed by atoms with Crippen LogP contribution in [0.4, 0.5) is 0 Å². The first-order valence-corrected chi connectivity index (χ1v) is 7.54. The Hall–Kier alpha value is -0.830. The molecule has 1 heterocycles. The Bertz CT molecular complexity index is 419. The molecule has 1 aromatic rings. The highest BCUT2D eigenvalue weighted by Gasteiger charge is 2.21. The van der Waals surface area contributed by atoms with Gasteiger partial charge in [-0.3, -0.25) is 4.79 Å². The molecule has 0 aromatic heterocycles. The van der Waals surface area contributed by atoms with E-state index in [-0.39, 0.29) is 0 Å². The van der Waals surface area contributed by atoms with Crippen LogP contribution in [0.3, 0.4) is 0 Å². The molecule has 1 aliphatic heterocycles. The number of piperidine rings is 1. The number of benzene rings is 1. The lowest BCUT2D eigenvalue weighted by Crippen LogP contribution is -2.40. The molecule has 0 aliphatic carbocycles. The maximum absolute atomic E-state index is 12.1. The van der Waals surface area contributed by atoms with E-state index in [2.05, 4.69) is 47.1 Å². The molecule has 18 heavy (non-hydrogen) atoms. The number of halogens is 1. The van der Waals surface area contributed by atoms with Crippen LogP contribution in [0.1, 0.15) is 30.4 Å². The highest BCUT2D eigenvalue weighted by Crippen LogP contribution is 2.18. The Morgan fingerprint density at radius 1 is 1.50 bits per heavy atom. The first-order chi connectivity index (χ1) is 8.65. The molecule has 0 N–H and O–H groups in total. The van der Waals surface area contributed by atoms with Crippen LogP contribution in [-0.2, 0) is 11.2 Å². The molecule has 1 unspecified atom stereocenters. The average Bonchev–Trinajstić information content (AvgIpc) is 2.36. The minimum Gasteiger partial charge on any atom is -0.342 e. The van der Waals surface area contributed by atoms with Crippen LogP contribution in [0.5, 0.6) is 0 Å². The number of hydrogen-bond acceptors (Lipinski definition) is 1. The van der Waals surface area contributed by atoms with Crippen LogP contribution in [0.2, 0.25) is 0 Å². The predicted octanol–water partition coefficient (Wildman–Crippen LogP) is 3.31. The summed E-state index contributed by atoms with van der Waals surface area (Å²) in [6, 6.07) is 8.41. The van der Waals surface area contributed by atoms with Gasteiger partial charge in [0.1, 0.15) is 0 Å². The van der Waals surface area contributed by atoms with Gasteiger partial charge in [0.2, 0.25) is 5.91 Å². The fourth-order valence-corrected chi connectivity index (χ4v) is 3.10. The van der Waals surface area contributed by atoms with Crippen molar-refractivity contribution in [2.45, 2.75) is 37.4 Å². The maximum atomic E-state index is 12.1. The summed E-state index contributed by atoms with van der Waals surface area (Å²) in [7, 11) is 0. The number of hydrogen-bond donors (Lipinski definition) is 0. The highest BCUT2D eigenvalue weighted by atomic mass is 79.9. The van der Waals surface area contributed by atoms with Crippen molar-refractivity contribution in [1.82, 2.24) is 4.90 Å². The number of carbonyl (C=O) groups is 1. The lowest BCUT2D eigenvalue weighted by Gasteiger charge is -2.30. The number of likely N-dealkylation sites (tertiary alicyclic amines) is 1. The summed E-state index contributed by atoms with van der Waals surface area (Å²) in [5.41, 5.74) is 2.52. The summed E-state index contributed by atoms with van der Waals surface area (Å²) < 4.78 is 0. The third kappa shape index (κ3) is 3.84. The Labute approximate surface area is 117 Å². The van der Waals surface area contributed by atoms with Gasteiger partial charge in [0.15, 0.2) is 0 Å². The largest absolute Gasteiger partial charge is 0.342 e. The van der Waals surface area contributed by atoms with Crippen molar-refractivity contribution >= 4 is 21.8 Å². The molecule has 2 rings (SSSR count). The van der Waals surface area contributed by atoms with Crippen molar-refractivity contribution in [2.75, 3.05) is 13.1 Å². The zero-order valence-electron chi connectivity index (χ0n) is 10.9. The monoisotopic (exact) mass is 309 g/mol. The van der Waals surface area contributed by atoms with E-state index in [0.29, 0.717) is 17.2 Å². The zero-order valence-corrected chi connectivity index (χ0v) is 12.4. The van der Waals surface area contributed by atoms with Crippen LogP contribution in [0.25, 0.3) is 0 Å². The van der Waals surface area contributed by atoms with E-state index in [1.807, 2.05) is 4.90 Å². The third-order valence-corrected chi connectivity index (χ3v) is 4.17. The molecule has 1 fully saturated rings. The third-order valence-electron chi connectivity index (χ3n) is 3.43. The van der Waals surface area contributed by atoms with Crippen molar-refractivity contribution in [3.63, 3.8) is 0 Å². The fraction of sp³-hybridized carbons (Fsp3) is 0.533. The molecule has 1 atom stereocenters. The van der Waals surface area contributed by atoms with Crippen LogP contribution in [0, 0.1) is 6.92 Å². The van der Waals surface area contributed by atoms with Crippen molar-refractivity contribution < 1.29 is 4.79 Å². The summed E-state index contributed by atoms with van der Waals surface area (Å²) in [6.07, 6.45) is 3.78. The fourth-order valence-electron chi connectivity index (χ4n) is 2.43. The van der Waals surface area contributed by atoms with E-state index in [0.717, 1.165) is 25.9 Å². The van der Waals surface area contributed by atoms with Gasteiger partial charge in [-0.15, -0.1) is 0 Å². The number of amides is 1. The molecular formula is C15H20BrNO. The maximum Gasteiger partial charge on any atom is 0.222 e. The number of nitrogens with zero attached hydrogens (tertiary/aromatic N) is 1. The lowest BCUT2D eigenvalue weighted by molar-refractivity contribution is -0.131. The van der Waals surface area contributed by atoms with E-state index in [9.17, 15) is 4.79 Å². The van der Waals surface area contributed by atoms with Gasteiger partial charge in [-0.1, -0.05) is 45.8 Å². The summed E-state index contributed by atoms with van der Waals surface area (Å²) in [6.45, 7) is 3.88. The van der Waals surface area contributed by atoms with E-state index in [4.69, 9.17) is 0 Å². The minimum absolute atomic E-state index is 0.292. The number of rotatable bonds is 3. The van der Waals surface area contributed by atoms with Gasteiger partial charge in [-0.25, -0.2) is 0 Å². The molecule has 1 saturated heterocycles. The second kappa shape index (κ2) is 6.37. The normalized spacial score (nSPS) is 19.9. The SMILES string of the molecule is Cc1cccc(CCC(=O)N2CCCC(Br)C2)c1. The Morgan fingerprint density at radius 2 is 2.33 bits per heavy atom. The lowest BCUT2D eigenvalue weighted by atomic mass is 10.1. The predicted molar refractivity (Wildman–Crippen MR) is 78.0 cm³/mol. The highest BCUT2D eigenvalue weighted by molar-refractivity contribution is 9.09. The van der Waals surface area contributed by atoms with Crippen molar-refractivity contribution in [3.05, 3.63) is 35.4 Å². The van der Waals surface area contributed by atoms with Crippen molar-refractivity contribution in [1.29, 1.82) is 0 Å². The van der Waals surface area contributed by atoms with E-state index < -0.39 is 0 Å². The van der Waals surface area contributed by atoms with E-state index in [1.165, 1.54) is 17.5 Å². The summed E-state index contributed by atoms with van der Waals surface area (Å²) in [5, 5.41) is 0. The molecule has 98 valence electrons. The van der Waals surface area contributed by atoms with Crippen LogP contribution < -0.4 is 0 Å². The van der Waals surface area contributed by atoms with Crippen LogP contribution in [0.15, 0.2) is 24.3 Å². The average molecular weight is 310 g/mol. The molecule has 3 heteroatoms. The van der Waals surface area contributed by atoms with Gasteiger partial charge < -0.3 is 4.90 Å². The summed E-state index contributed by atoms with van der Waals surface area (Å²) in [4.78, 5) is 14.6. The Balaban J connectivity index is 1.84. The minimum atomic E-state index is 0.292. The first kappa shape index (κ1) is 13.6. The molecule has 0 saturated carbocycles. The zero-order chi connectivity index (χ0) is 13.0. The van der Waals surface area contributed by atoms with Gasteiger partial charge in [0, 0.05) is 24.3 Å². The number of aryl methyl sites for hydroxylation is 2. The Kier molecular flexibility index (Phi) is 4.81. The molecule has 1 amide bonds. The van der Waals surface area contributed by atoms with Gasteiger partial charge >= 0.3 is 0 Å². The van der Waals surface area contributed by atoms with Crippen LogP contribution in [-0.4, -0.2) is 28.7 Å². The molecule has 0 radical (unpaired) electrons. The van der Waals surface area contributed by atoms with Gasteiger partial charge in [0.25, 0.3) is 0 Å². The van der Waals surface area contributed by atoms with Crippen molar-refractivity contribution in [3.8, 4) is 0 Å². The smallest absolute Gasteiger partial charge is 0.222 e. The van der Waals surface area contributed by atoms with E-state index >= 15 is 0 Å². The van der Waals surface area contributed by atoms with Gasteiger partial charge in [-0.2, -0.15) is 0 Å². The molecule has 1 aromatic carbocycles. The summed E-state index contributed by atoms with van der Waals surface area (Å²) in [5.74, 6) is 0.292. The van der Waals surface area contributed by atoms with Gasteiger partial charge in [0.05, 0.1) is 0 Å². The van der Waals surface area contributed by atoms with E-state index in [1.54, 1.807) is 0 Å². The molecule has 1 aliphatic rings. The molecule has 0 spiro atoms. The first-order valence-electron chi connectivity index (χ1n) is 6.62. The summed E-state index contributed by atoms with van der Waals surface area (Å²) >= 11 is 3.61. The number of alkyl halides is 1. The van der Waals surface area contributed by atoms with Gasteiger partial charge in [-0.05, 0) is 31.7 Å². The van der Waals surface area contributed by atoms with Crippen LogP contribution >= 0.6 is 15.9 Å². The molecule has 0 bridgehead atoms. The van der Waals surface area contributed by atoms with Crippen molar-refractivity contribution in [2.24, 2.45) is 0 Å². The standard InChI is InChI=1S/C15H20BrNO/c1-12-4-2-5-13(10-12)7-8-15(18)17-9-3-6-14(16)11-17/h2,4-5,10,14H,3,6-9,11H2,1H3. The Morgan fingerprint density at radius 3 is 3.06 bits per heavy atom. The topological polar surface area (TPSA) is 20.3 Å².